The Hall–Kier alpha value is -3.60. The van der Waals surface area contributed by atoms with Crippen molar-refractivity contribution < 1.29 is 23.8 Å². The van der Waals surface area contributed by atoms with Gasteiger partial charge in [0.25, 0.3) is 0 Å². The summed E-state index contributed by atoms with van der Waals surface area (Å²) in [6.45, 7) is 1.27. The molecule has 5 nitrogen and oxygen atoms in total. The lowest BCUT2D eigenvalue weighted by molar-refractivity contribution is -0.147. The van der Waals surface area contributed by atoms with Crippen LogP contribution in [0.3, 0.4) is 0 Å². The fourth-order valence-corrected chi connectivity index (χ4v) is 3.05. The van der Waals surface area contributed by atoms with Crippen molar-refractivity contribution in [2.24, 2.45) is 0 Å². The molecule has 0 unspecified atom stereocenters. The molecule has 0 spiro atoms. The van der Waals surface area contributed by atoms with Crippen molar-refractivity contribution in [2.75, 3.05) is 13.7 Å². The van der Waals surface area contributed by atoms with E-state index in [1.807, 2.05) is 54.6 Å². The van der Waals surface area contributed by atoms with Crippen LogP contribution in [-0.4, -0.2) is 25.5 Å². The molecule has 0 N–H and O–H groups in total. The molecule has 0 aliphatic rings. The monoisotopic (exact) mass is 404 g/mol. The van der Waals surface area contributed by atoms with Gasteiger partial charge in [-0.2, -0.15) is 0 Å². The molecule has 0 radical (unpaired) electrons. The maximum atomic E-state index is 12.2. The van der Waals surface area contributed by atoms with E-state index in [1.54, 1.807) is 18.2 Å². The summed E-state index contributed by atoms with van der Waals surface area (Å²) in [7, 11) is 1.53. The minimum atomic E-state index is -0.500. The normalized spacial score (nSPS) is 10.3. The Labute approximate surface area is 176 Å². The van der Waals surface area contributed by atoms with E-state index in [9.17, 15) is 9.59 Å². The highest BCUT2D eigenvalue weighted by Crippen LogP contribution is 2.23. The number of ketones is 1. The van der Waals surface area contributed by atoms with E-state index in [-0.39, 0.29) is 19.0 Å². The number of benzene rings is 3. The summed E-state index contributed by atoms with van der Waals surface area (Å²) in [5.74, 6) is 0.639. The second kappa shape index (κ2) is 10.3. The number of para-hydroxylation sites is 1. The van der Waals surface area contributed by atoms with Gasteiger partial charge in [0.15, 0.2) is 12.4 Å². The van der Waals surface area contributed by atoms with Gasteiger partial charge in [0.05, 0.1) is 7.11 Å². The molecule has 0 heterocycles. The summed E-state index contributed by atoms with van der Waals surface area (Å²) in [6, 6.07) is 22.7. The summed E-state index contributed by atoms with van der Waals surface area (Å²) in [5.41, 5.74) is 3.32. The van der Waals surface area contributed by atoms with Gasteiger partial charge < -0.3 is 14.2 Å². The summed E-state index contributed by atoms with van der Waals surface area (Å²) in [4.78, 5) is 23.8. The van der Waals surface area contributed by atoms with Crippen LogP contribution in [0.5, 0.6) is 11.5 Å². The molecule has 154 valence electrons. The van der Waals surface area contributed by atoms with E-state index in [1.165, 1.54) is 14.0 Å². The largest absolute Gasteiger partial charge is 0.496 e. The van der Waals surface area contributed by atoms with Gasteiger partial charge in [0, 0.05) is 17.5 Å². The van der Waals surface area contributed by atoms with Crippen molar-refractivity contribution in [2.45, 2.75) is 20.0 Å². The minimum absolute atomic E-state index is 0.00184. The highest BCUT2D eigenvalue weighted by atomic mass is 16.6. The Balaban J connectivity index is 1.59. The number of rotatable bonds is 9. The minimum Gasteiger partial charge on any atom is -0.496 e. The van der Waals surface area contributed by atoms with E-state index in [4.69, 9.17) is 14.2 Å². The van der Waals surface area contributed by atoms with Crippen LogP contribution in [0.15, 0.2) is 72.8 Å². The second-order valence-electron chi connectivity index (χ2n) is 6.80. The van der Waals surface area contributed by atoms with Crippen LogP contribution in [0, 0.1) is 0 Å². The maximum absolute atomic E-state index is 12.2. The van der Waals surface area contributed by atoms with E-state index < -0.39 is 5.97 Å². The Kier molecular flexibility index (Phi) is 7.22. The van der Waals surface area contributed by atoms with E-state index in [0.717, 1.165) is 11.1 Å². The molecule has 0 saturated carbocycles. The third kappa shape index (κ3) is 5.70. The number of hydrogen-bond donors (Lipinski definition) is 0. The summed E-state index contributed by atoms with van der Waals surface area (Å²) in [6.07, 6.45) is 0.709. The van der Waals surface area contributed by atoms with Gasteiger partial charge in [0.1, 0.15) is 18.1 Å². The molecule has 3 aromatic rings. The van der Waals surface area contributed by atoms with Gasteiger partial charge in [-0.25, -0.2) is 4.79 Å². The van der Waals surface area contributed by atoms with Crippen molar-refractivity contribution in [3.63, 3.8) is 0 Å². The molecule has 3 rings (SSSR count). The van der Waals surface area contributed by atoms with Crippen LogP contribution in [-0.2, 0) is 22.6 Å². The number of Topliss-reactive ketones (excluding diaryl/α,β-unsaturated/α-hetero) is 1. The smallest absolute Gasteiger partial charge is 0.344 e. The van der Waals surface area contributed by atoms with Gasteiger partial charge in [0.2, 0.25) is 0 Å². The SMILES string of the molecule is COc1ccc(C(C)=O)cc1COC(=O)COc1ccccc1Cc1ccccc1. The molecule has 30 heavy (non-hydrogen) atoms. The Morgan fingerprint density at radius 2 is 1.57 bits per heavy atom. The van der Waals surface area contributed by atoms with Crippen LogP contribution < -0.4 is 9.47 Å². The Bertz CT molecular complexity index is 1010. The zero-order chi connectivity index (χ0) is 21.3. The second-order valence-corrected chi connectivity index (χ2v) is 6.80. The van der Waals surface area contributed by atoms with Crippen molar-refractivity contribution in [3.8, 4) is 11.5 Å². The average molecular weight is 404 g/mol. The molecule has 0 aliphatic heterocycles. The molecular weight excluding hydrogens is 380 g/mol. The predicted octanol–water partition coefficient (Wildman–Crippen LogP) is 4.61. The quantitative estimate of drug-likeness (QED) is 0.385. The number of methoxy groups -OCH3 is 1. The molecule has 0 fully saturated rings. The first-order chi connectivity index (χ1) is 14.6. The molecular formula is C25H24O5. The Morgan fingerprint density at radius 1 is 0.833 bits per heavy atom. The average Bonchev–Trinajstić information content (AvgIpc) is 2.77. The number of esters is 1. The third-order valence-electron chi connectivity index (χ3n) is 4.63. The molecule has 0 atom stereocenters. The lowest BCUT2D eigenvalue weighted by Crippen LogP contribution is -2.15. The van der Waals surface area contributed by atoms with Gasteiger partial charge in [-0.15, -0.1) is 0 Å². The van der Waals surface area contributed by atoms with Gasteiger partial charge in [-0.05, 0) is 42.3 Å². The van der Waals surface area contributed by atoms with Crippen molar-refractivity contribution >= 4 is 11.8 Å². The predicted molar refractivity (Wildman–Crippen MR) is 114 cm³/mol. The first-order valence-electron chi connectivity index (χ1n) is 9.65. The zero-order valence-corrected chi connectivity index (χ0v) is 17.1. The lowest BCUT2D eigenvalue weighted by Gasteiger charge is -2.13. The number of ether oxygens (including phenoxy) is 3. The highest BCUT2D eigenvalue weighted by Gasteiger charge is 2.12. The van der Waals surface area contributed by atoms with Gasteiger partial charge in [-0.3, -0.25) is 4.79 Å². The van der Waals surface area contributed by atoms with Crippen molar-refractivity contribution in [1.29, 1.82) is 0 Å². The summed E-state index contributed by atoms with van der Waals surface area (Å²) < 4.78 is 16.3. The van der Waals surface area contributed by atoms with Crippen molar-refractivity contribution in [3.05, 3.63) is 95.1 Å². The topological polar surface area (TPSA) is 61.8 Å². The lowest BCUT2D eigenvalue weighted by atomic mass is 10.0. The molecule has 0 aliphatic carbocycles. The first-order valence-corrected chi connectivity index (χ1v) is 9.65. The summed E-state index contributed by atoms with van der Waals surface area (Å²) >= 11 is 0. The fraction of sp³-hybridized carbons (Fsp3) is 0.200. The van der Waals surface area contributed by atoms with Gasteiger partial charge >= 0.3 is 5.97 Å². The maximum Gasteiger partial charge on any atom is 0.344 e. The van der Waals surface area contributed by atoms with Crippen LogP contribution >= 0.6 is 0 Å². The summed E-state index contributed by atoms with van der Waals surface area (Å²) in [5, 5.41) is 0. The first kappa shape index (κ1) is 21.1. The molecule has 5 heteroatoms. The van der Waals surface area contributed by atoms with Crippen molar-refractivity contribution in [1.82, 2.24) is 0 Å². The number of hydrogen-bond acceptors (Lipinski definition) is 5. The number of carbonyl (C=O) groups excluding carboxylic acids is 2. The van der Waals surface area contributed by atoms with Crippen LogP contribution in [0.25, 0.3) is 0 Å². The molecule has 0 saturated heterocycles. The van der Waals surface area contributed by atoms with E-state index >= 15 is 0 Å². The number of carbonyl (C=O) groups is 2. The fourth-order valence-electron chi connectivity index (χ4n) is 3.05. The molecule has 0 aromatic heterocycles. The molecule has 0 bridgehead atoms. The van der Waals surface area contributed by atoms with Crippen LogP contribution in [0.1, 0.15) is 34.0 Å². The van der Waals surface area contributed by atoms with Crippen LogP contribution in [0.4, 0.5) is 0 Å². The van der Waals surface area contributed by atoms with Crippen LogP contribution in [0.2, 0.25) is 0 Å². The molecule has 3 aromatic carbocycles. The molecule has 0 amide bonds. The van der Waals surface area contributed by atoms with E-state index in [0.29, 0.717) is 29.0 Å². The Morgan fingerprint density at radius 3 is 2.30 bits per heavy atom. The standard InChI is InChI=1S/C25H24O5/c1-18(26)20-12-13-23(28-2)22(15-20)16-30-25(27)17-29-24-11-7-6-10-21(24)14-19-8-4-3-5-9-19/h3-13,15H,14,16-17H2,1-2H3. The third-order valence-corrected chi connectivity index (χ3v) is 4.63. The highest BCUT2D eigenvalue weighted by molar-refractivity contribution is 5.94. The van der Waals surface area contributed by atoms with E-state index in [2.05, 4.69) is 0 Å². The zero-order valence-electron chi connectivity index (χ0n) is 17.1. The van der Waals surface area contributed by atoms with Gasteiger partial charge in [-0.1, -0.05) is 48.5 Å².